The van der Waals surface area contributed by atoms with Gasteiger partial charge in [-0.3, -0.25) is 0 Å². The Hall–Kier alpha value is -1.10. The van der Waals surface area contributed by atoms with Crippen LogP contribution >= 0.6 is 11.8 Å². The van der Waals surface area contributed by atoms with Crippen LogP contribution in [-0.2, 0) is 0 Å². The summed E-state index contributed by atoms with van der Waals surface area (Å²) in [6.07, 6.45) is 7.18. The van der Waals surface area contributed by atoms with E-state index in [9.17, 15) is 0 Å². The third-order valence-corrected chi connectivity index (χ3v) is 3.08. The highest BCUT2D eigenvalue weighted by Gasteiger charge is 2.01. The normalized spacial score (nSPS) is 11.0. The molecule has 80 valence electrons. The third kappa shape index (κ3) is 2.68. The van der Waals surface area contributed by atoms with E-state index in [1.165, 1.54) is 19.3 Å². The first kappa shape index (κ1) is 10.4. The first-order chi connectivity index (χ1) is 7.40. The fourth-order valence-electron chi connectivity index (χ4n) is 1.31. The van der Waals surface area contributed by atoms with E-state index >= 15 is 0 Å². The van der Waals surface area contributed by atoms with Crippen LogP contribution in [0, 0.1) is 0 Å². The number of rotatable bonds is 5. The molecule has 0 bridgehead atoms. The summed E-state index contributed by atoms with van der Waals surface area (Å²) in [5, 5.41) is 0.825. The van der Waals surface area contributed by atoms with Gasteiger partial charge in [-0.15, -0.1) is 0 Å². The molecule has 0 fully saturated rings. The van der Waals surface area contributed by atoms with Crippen molar-refractivity contribution < 1.29 is 0 Å². The maximum Gasteiger partial charge on any atom is 0.189 e. The Bertz CT molecular complexity index is 426. The van der Waals surface area contributed by atoms with Crippen LogP contribution in [0.1, 0.15) is 26.2 Å². The van der Waals surface area contributed by atoms with Gasteiger partial charge in [0, 0.05) is 5.75 Å². The van der Waals surface area contributed by atoms with E-state index in [2.05, 4.69) is 26.9 Å². The standard InChI is InChI=1S/C10H14N4S/c1-2-3-4-5-15-10-11-6-8-9(14-10)13-7-12-8/h6-7H,2-5H2,1H3,(H,11,12,13,14). The summed E-state index contributed by atoms with van der Waals surface area (Å²) < 4.78 is 0. The third-order valence-electron chi connectivity index (χ3n) is 2.13. The Kier molecular flexibility index (Phi) is 3.55. The van der Waals surface area contributed by atoms with Gasteiger partial charge in [-0.25, -0.2) is 15.0 Å². The van der Waals surface area contributed by atoms with Gasteiger partial charge in [0.15, 0.2) is 10.8 Å². The van der Waals surface area contributed by atoms with Crippen LogP contribution in [0.4, 0.5) is 0 Å². The van der Waals surface area contributed by atoms with Crippen LogP contribution < -0.4 is 0 Å². The zero-order valence-electron chi connectivity index (χ0n) is 8.73. The summed E-state index contributed by atoms with van der Waals surface area (Å²) in [7, 11) is 0. The average Bonchev–Trinajstić information content (AvgIpc) is 2.71. The molecule has 2 aromatic heterocycles. The molecule has 0 radical (unpaired) electrons. The Morgan fingerprint density at radius 2 is 2.27 bits per heavy atom. The highest BCUT2D eigenvalue weighted by Crippen LogP contribution is 2.16. The van der Waals surface area contributed by atoms with Crippen molar-refractivity contribution in [3.05, 3.63) is 12.5 Å². The number of hydrogen-bond acceptors (Lipinski definition) is 4. The fourth-order valence-corrected chi connectivity index (χ4v) is 2.11. The van der Waals surface area contributed by atoms with Gasteiger partial charge >= 0.3 is 0 Å². The van der Waals surface area contributed by atoms with E-state index in [0.29, 0.717) is 0 Å². The number of nitrogens with one attached hydrogen (secondary N) is 1. The maximum atomic E-state index is 4.34. The quantitative estimate of drug-likeness (QED) is 0.480. The molecule has 0 aromatic carbocycles. The van der Waals surface area contributed by atoms with Gasteiger partial charge in [-0.1, -0.05) is 31.5 Å². The molecule has 4 nitrogen and oxygen atoms in total. The second-order valence-electron chi connectivity index (χ2n) is 3.35. The summed E-state index contributed by atoms with van der Waals surface area (Å²) in [5.74, 6) is 1.09. The smallest absolute Gasteiger partial charge is 0.189 e. The van der Waals surface area contributed by atoms with Crippen LogP contribution in [0.15, 0.2) is 17.7 Å². The topological polar surface area (TPSA) is 54.5 Å². The molecule has 0 aliphatic heterocycles. The lowest BCUT2D eigenvalue weighted by atomic mass is 10.3. The zero-order chi connectivity index (χ0) is 10.5. The van der Waals surface area contributed by atoms with Gasteiger partial charge in [-0.05, 0) is 6.42 Å². The van der Waals surface area contributed by atoms with E-state index in [1.807, 2.05) is 0 Å². The van der Waals surface area contributed by atoms with Gasteiger partial charge in [0.25, 0.3) is 0 Å². The number of nitrogens with zero attached hydrogens (tertiary/aromatic N) is 3. The second kappa shape index (κ2) is 5.11. The van der Waals surface area contributed by atoms with Crippen LogP contribution in [0.25, 0.3) is 11.2 Å². The lowest BCUT2D eigenvalue weighted by Gasteiger charge is -1.98. The van der Waals surface area contributed by atoms with Crippen molar-refractivity contribution in [2.24, 2.45) is 0 Å². The number of imidazole rings is 1. The van der Waals surface area contributed by atoms with Crippen molar-refractivity contribution in [2.75, 3.05) is 5.75 Å². The molecular weight excluding hydrogens is 208 g/mol. The van der Waals surface area contributed by atoms with Gasteiger partial charge in [0.1, 0.15) is 5.52 Å². The Labute approximate surface area is 92.9 Å². The molecule has 0 atom stereocenters. The van der Waals surface area contributed by atoms with Gasteiger partial charge in [0.2, 0.25) is 0 Å². The molecule has 1 N–H and O–H groups in total. The predicted octanol–water partition coefficient (Wildman–Crippen LogP) is 2.64. The molecule has 0 aliphatic rings. The van der Waals surface area contributed by atoms with Crippen molar-refractivity contribution in [2.45, 2.75) is 31.3 Å². The molecule has 0 unspecified atom stereocenters. The summed E-state index contributed by atoms with van der Waals surface area (Å²) in [6.45, 7) is 2.21. The van der Waals surface area contributed by atoms with E-state index in [1.54, 1.807) is 24.3 Å². The molecular formula is C10H14N4S. The molecule has 0 saturated carbocycles. The molecule has 5 heteroatoms. The molecule has 2 heterocycles. The number of H-pyrrole nitrogens is 1. The Balaban J connectivity index is 1.96. The minimum absolute atomic E-state index is 0.753. The number of hydrogen-bond donors (Lipinski definition) is 1. The molecule has 2 aromatic rings. The molecule has 0 aliphatic carbocycles. The Morgan fingerprint density at radius 3 is 3.13 bits per heavy atom. The predicted molar refractivity (Wildman–Crippen MR) is 61.9 cm³/mol. The summed E-state index contributed by atoms with van der Waals surface area (Å²) in [4.78, 5) is 15.7. The van der Waals surface area contributed by atoms with Crippen LogP contribution in [0.2, 0.25) is 0 Å². The second-order valence-corrected chi connectivity index (χ2v) is 4.41. The summed E-state index contributed by atoms with van der Waals surface area (Å²) in [6, 6.07) is 0. The van der Waals surface area contributed by atoms with Crippen molar-refractivity contribution in [1.82, 2.24) is 19.9 Å². The highest BCUT2D eigenvalue weighted by molar-refractivity contribution is 7.99. The molecule has 2 rings (SSSR count). The van der Waals surface area contributed by atoms with E-state index in [0.717, 1.165) is 22.1 Å². The van der Waals surface area contributed by atoms with Crippen molar-refractivity contribution >= 4 is 22.9 Å². The van der Waals surface area contributed by atoms with E-state index < -0.39 is 0 Å². The summed E-state index contributed by atoms with van der Waals surface area (Å²) in [5.41, 5.74) is 1.65. The van der Waals surface area contributed by atoms with Gasteiger partial charge < -0.3 is 4.98 Å². The number of aromatic nitrogens is 4. The van der Waals surface area contributed by atoms with Gasteiger partial charge in [-0.2, -0.15) is 0 Å². The average molecular weight is 222 g/mol. The number of aromatic amines is 1. The SMILES string of the molecule is CCCCCSc1ncc2[nH]cnc2n1. The van der Waals surface area contributed by atoms with Crippen molar-refractivity contribution in [3.8, 4) is 0 Å². The first-order valence-electron chi connectivity index (χ1n) is 5.19. The lowest BCUT2D eigenvalue weighted by Crippen LogP contribution is -1.88. The minimum Gasteiger partial charge on any atom is -0.342 e. The molecule has 0 saturated heterocycles. The van der Waals surface area contributed by atoms with E-state index in [-0.39, 0.29) is 0 Å². The van der Waals surface area contributed by atoms with Crippen LogP contribution in [0.5, 0.6) is 0 Å². The molecule has 15 heavy (non-hydrogen) atoms. The fraction of sp³-hybridized carbons (Fsp3) is 0.500. The van der Waals surface area contributed by atoms with E-state index in [4.69, 9.17) is 0 Å². The molecule has 0 spiro atoms. The first-order valence-corrected chi connectivity index (χ1v) is 6.17. The minimum atomic E-state index is 0.753. The zero-order valence-corrected chi connectivity index (χ0v) is 9.55. The number of thioether (sulfide) groups is 1. The van der Waals surface area contributed by atoms with Crippen molar-refractivity contribution in [1.29, 1.82) is 0 Å². The number of unbranched alkanes of at least 4 members (excludes halogenated alkanes) is 2. The molecule has 0 amide bonds. The Morgan fingerprint density at radius 1 is 1.33 bits per heavy atom. The van der Waals surface area contributed by atoms with Crippen molar-refractivity contribution in [3.63, 3.8) is 0 Å². The summed E-state index contributed by atoms with van der Waals surface area (Å²) >= 11 is 1.70. The van der Waals surface area contributed by atoms with Crippen LogP contribution in [0.3, 0.4) is 0 Å². The maximum absolute atomic E-state index is 4.34. The largest absolute Gasteiger partial charge is 0.342 e. The lowest BCUT2D eigenvalue weighted by molar-refractivity contribution is 0.777. The van der Waals surface area contributed by atoms with Crippen LogP contribution in [-0.4, -0.2) is 25.7 Å². The monoisotopic (exact) mass is 222 g/mol. The highest BCUT2D eigenvalue weighted by atomic mass is 32.2. The number of fused-ring (bicyclic) bond motifs is 1. The van der Waals surface area contributed by atoms with Gasteiger partial charge in [0.05, 0.1) is 12.5 Å².